The van der Waals surface area contributed by atoms with Gasteiger partial charge < -0.3 is 24.9 Å². The Hall–Kier alpha value is -3.09. The van der Waals surface area contributed by atoms with Crippen LogP contribution in [0.3, 0.4) is 0 Å². The highest BCUT2D eigenvalue weighted by Gasteiger charge is 2.35. The van der Waals surface area contributed by atoms with E-state index >= 15 is 0 Å². The highest BCUT2D eigenvalue weighted by molar-refractivity contribution is 5.79. The topological polar surface area (TPSA) is 111 Å². The van der Waals surface area contributed by atoms with E-state index in [4.69, 9.17) is 4.42 Å². The zero-order valence-corrected chi connectivity index (χ0v) is 19.9. The average molecular weight is 497 g/mol. The Labute approximate surface area is 201 Å². The first-order valence-electron chi connectivity index (χ1n) is 11.8. The van der Waals surface area contributed by atoms with E-state index in [2.05, 4.69) is 35.8 Å². The number of alkyl halides is 3. The lowest BCUT2D eigenvalue weighted by Crippen LogP contribution is -2.44. The van der Waals surface area contributed by atoms with Crippen molar-refractivity contribution in [3.05, 3.63) is 17.5 Å². The summed E-state index contributed by atoms with van der Waals surface area (Å²) in [6.45, 7) is 5.62. The highest BCUT2D eigenvalue weighted by atomic mass is 19.4. The van der Waals surface area contributed by atoms with Gasteiger partial charge in [0.2, 0.25) is 17.7 Å². The Morgan fingerprint density at radius 3 is 2.57 bits per heavy atom. The second-order valence-corrected chi connectivity index (χ2v) is 8.98. The maximum atomic E-state index is 13.5. The fourth-order valence-corrected chi connectivity index (χ4v) is 3.84. The standard InChI is InChI=1S/C22H31F3N8O2/c1-14-19(35-21(29-14)33-11-9-32(2)10-12-33)31-20-28-13-16(22(23,24)25)17(30-20)26-7-4-8-27-18(34)15-5-3-6-15/h13,15H,3-12H2,1-2H3,(H,27,34)(H2,26,28,30,31). The predicted octanol–water partition coefficient (Wildman–Crippen LogP) is 3.01. The number of carbonyl (C=O) groups is 1. The summed E-state index contributed by atoms with van der Waals surface area (Å²) < 4.78 is 46.3. The minimum Gasteiger partial charge on any atom is -0.407 e. The lowest BCUT2D eigenvalue weighted by molar-refractivity contribution is -0.137. The van der Waals surface area contributed by atoms with Crippen molar-refractivity contribution in [3.63, 3.8) is 0 Å². The Kier molecular flexibility index (Phi) is 7.63. The SMILES string of the molecule is Cc1nc(N2CCN(C)CC2)oc1Nc1ncc(C(F)(F)F)c(NCCCNC(=O)C2CCC2)n1. The van der Waals surface area contributed by atoms with Crippen LogP contribution >= 0.6 is 0 Å². The summed E-state index contributed by atoms with van der Waals surface area (Å²) in [7, 11) is 2.05. The summed E-state index contributed by atoms with van der Waals surface area (Å²) in [5.41, 5.74) is -0.409. The van der Waals surface area contributed by atoms with Gasteiger partial charge in [-0.15, -0.1) is 0 Å². The van der Waals surface area contributed by atoms with Gasteiger partial charge in [0.05, 0.1) is 0 Å². The molecule has 192 valence electrons. The molecule has 1 amide bonds. The summed E-state index contributed by atoms with van der Waals surface area (Å²) in [6.07, 6.45) is -0.555. The number of likely N-dealkylation sites (N-methyl/N-ethyl adjacent to an activating group) is 1. The molecule has 0 aromatic carbocycles. The van der Waals surface area contributed by atoms with E-state index in [1.807, 2.05) is 11.9 Å². The molecule has 10 nitrogen and oxygen atoms in total. The highest BCUT2D eigenvalue weighted by Crippen LogP contribution is 2.34. The molecule has 0 radical (unpaired) electrons. The molecular formula is C22H31F3N8O2. The van der Waals surface area contributed by atoms with E-state index in [0.717, 1.165) is 51.6 Å². The van der Waals surface area contributed by atoms with E-state index in [-0.39, 0.29) is 36.0 Å². The molecule has 13 heteroatoms. The molecule has 0 bridgehead atoms. The number of halogens is 3. The third kappa shape index (κ3) is 6.32. The minimum atomic E-state index is -4.62. The number of hydrogen-bond donors (Lipinski definition) is 3. The van der Waals surface area contributed by atoms with Crippen LogP contribution in [0.2, 0.25) is 0 Å². The van der Waals surface area contributed by atoms with Crippen LogP contribution in [0.1, 0.15) is 36.9 Å². The number of hydrogen-bond acceptors (Lipinski definition) is 9. The molecule has 3 heterocycles. The van der Waals surface area contributed by atoms with E-state index in [1.165, 1.54) is 0 Å². The van der Waals surface area contributed by atoms with Gasteiger partial charge in [0.25, 0.3) is 6.01 Å². The number of nitrogens with one attached hydrogen (secondary N) is 3. The molecule has 2 fully saturated rings. The van der Waals surface area contributed by atoms with Crippen molar-refractivity contribution in [1.29, 1.82) is 0 Å². The first-order chi connectivity index (χ1) is 16.7. The van der Waals surface area contributed by atoms with E-state index < -0.39 is 11.7 Å². The first kappa shape index (κ1) is 25.0. The maximum Gasteiger partial charge on any atom is 0.421 e. The molecule has 0 atom stereocenters. The van der Waals surface area contributed by atoms with Crippen LogP contribution in [0.25, 0.3) is 0 Å². The summed E-state index contributed by atoms with van der Waals surface area (Å²) in [4.78, 5) is 28.4. The Balaban J connectivity index is 1.38. The van der Waals surface area contributed by atoms with Crippen LogP contribution in [-0.2, 0) is 11.0 Å². The quantitative estimate of drug-likeness (QED) is 0.451. The van der Waals surface area contributed by atoms with Crippen molar-refractivity contribution < 1.29 is 22.4 Å². The number of aryl methyl sites for hydroxylation is 1. The lowest BCUT2D eigenvalue weighted by atomic mass is 9.85. The summed E-state index contributed by atoms with van der Waals surface area (Å²) in [5.74, 6) is -0.00573. The van der Waals surface area contributed by atoms with Crippen molar-refractivity contribution in [2.75, 3.05) is 61.8 Å². The molecule has 1 aliphatic heterocycles. The number of anilines is 4. The molecule has 4 rings (SSSR count). The van der Waals surface area contributed by atoms with Gasteiger partial charge in [-0.05, 0) is 33.2 Å². The summed E-state index contributed by atoms with van der Waals surface area (Å²) in [5, 5.41) is 8.41. The van der Waals surface area contributed by atoms with Gasteiger partial charge in [0.1, 0.15) is 17.1 Å². The smallest absolute Gasteiger partial charge is 0.407 e. The summed E-state index contributed by atoms with van der Waals surface area (Å²) in [6, 6.07) is 0.451. The van der Waals surface area contributed by atoms with Crippen LogP contribution in [0.15, 0.2) is 10.6 Å². The van der Waals surface area contributed by atoms with Gasteiger partial charge in [-0.25, -0.2) is 4.98 Å². The molecule has 1 saturated carbocycles. The van der Waals surface area contributed by atoms with Crippen LogP contribution in [0.5, 0.6) is 0 Å². The van der Waals surface area contributed by atoms with Crippen molar-refractivity contribution in [2.45, 2.75) is 38.8 Å². The molecule has 2 aliphatic rings. The van der Waals surface area contributed by atoms with Gasteiger partial charge >= 0.3 is 6.18 Å². The molecule has 2 aromatic heterocycles. The van der Waals surface area contributed by atoms with Crippen LogP contribution in [0, 0.1) is 12.8 Å². The lowest BCUT2D eigenvalue weighted by Gasteiger charge is -2.31. The molecule has 1 aliphatic carbocycles. The zero-order valence-electron chi connectivity index (χ0n) is 19.9. The van der Waals surface area contributed by atoms with Crippen LogP contribution in [-0.4, -0.2) is 72.1 Å². The number of nitrogens with zero attached hydrogens (tertiary/aromatic N) is 5. The van der Waals surface area contributed by atoms with Gasteiger partial charge in [0.15, 0.2) is 0 Å². The van der Waals surface area contributed by atoms with Crippen molar-refractivity contribution in [3.8, 4) is 0 Å². The average Bonchev–Trinajstić information content (AvgIpc) is 3.12. The third-order valence-electron chi connectivity index (χ3n) is 6.30. The molecule has 35 heavy (non-hydrogen) atoms. The van der Waals surface area contributed by atoms with Gasteiger partial charge in [-0.2, -0.15) is 23.1 Å². The van der Waals surface area contributed by atoms with Crippen LogP contribution in [0.4, 0.5) is 36.8 Å². The molecule has 0 spiro atoms. The predicted molar refractivity (Wildman–Crippen MR) is 125 cm³/mol. The Morgan fingerprint density at radius 2 is 1.91 bits per heavy atom. The number of aromatic nitrogens is 3. The van der Waals surface area contributed by atoms with Crippen molar-refractivity contribution >= 4 is 29.6 Å². The number of amides is 1. The molecule has 2 aromatic rings. The molecule has 3 N–H and O–H groups in total. The van der Waals surface area contributed by atoms with Gasteiger partial charge in [-0.1, -0.05) is 6.42 Å². The number of carbonyl (C=O) groups excluding carboxylic acids is 1. The first-order valence-corrected chi connectivity index (χ1v) is 11.8. The largest absolute Gasteiger partial charge is 0.421 e. The molecule has 1 saturated heterocycles. The van der Waals surface area contributed by atoms with Crippen molar-refractivity contribution in [2.24, 2.45) is 5.92 Å². The summed E-state index contributed by atoms with van der Waals surface area (Å²) >= 11 is 0. The number of rotatable bonds is 9. The van der Waals surface area contributed by atoms with Gasteiger partial charge in [-0.3, -0.25) is 10.1 Å². The molecular weight excluding hydrogens is 465 g/mol. The number of oxazole rings is 1. The molecule has 0 unspecified atom stereocenters. The Morgan fingerprint density at radius 1 is 1.17 bits per heavy atom. The third-order valence-corrected chi connectivity index (χ3v) is 6.30. The Bertz CT molecular complexity index is 1020. The van der Waals surface area contributed by atoms with Crippen LogP contribution < -0.4 is 20.9 Å². The monoisotopic (exact) mass is 496 g/mol. The maximum absolute atomic E-state index is 13.5. The fraction of sp³-hybridized carbons (Fsp3) is 0.636. The normalized spacial score (nSPS) is 17.2. The number of piperazine rings is 1. The second kappa shape index (κ2) is 10.7. The second-order valence-electron chi connectivity index (χ2n) is 8.98. The van der Waals surface area contributed by atoms with Crippen molar-refractivity contribution in [1.82, 2.24) is 25.2 Å². The zero-order chi connectivity index (χ0) is 25.0. The minimum absolute atomic E-state index is 0.0131. The van der Waals surface area contributed by atoms with Gasteiger partial charge in [0, 0.05) is 51.4 Å². The fourth-order valence-electron chi connectivity index (χ4n) is 3.84. The van der Waals surface area contributed by atoms with E-state index in [0.29, 0.717) is 24.7 Å². The van der Waals surface area contributed by atoms with E-state index in [1.54, 1.807) is 6.92 Å². The van der Waals surface area contributed by atoms with E-state index in [9.17, 15) is 18.0 Å².